The first-order valence-corrected chi connectivity index (χ1v) is 9.38. The van der Waals surface area contributed by atoms with Crippen molar-refractivity contribution in [2.24, 2.45) is 5.92 Å². The van der Waals surface area contributed by atoms with Crippen LogP contribution in [0.2, 0.25) is 0 Å². The van der Waals surface area contributed by atoms with Gasteiger partial charge in [0.15, 0.2) is 11.5 Å². The molecule has 2 aromatic heterocycles. The molecule has 2 N–H and O–H groups in total. The van der Waals surface area contributed by atoms with Crippen LogP contribution in [0.4, 0.5) is 11.5 Å². The summed E-state index contributed by atoms with van der Waals surface area (Å²) in [5.74, 6) is -0.462. The lowest BCUT2D eigenvalue weighted by atomic mass is 9.95. The third kappa shape index (κ3) is 3.73. The van der Waals surface area contributed by atoms with Gasteiger partial charge in [0, 0.05) is 24.7 Å². The molecule has 1 aliphatic rings. The zero-order chi connectivity index (χ0) is 20.5. The summed E-state index contributed by atoms with van der Waals surface area (Å²) in [6.45, 7) is 4.98. The molecule has 3 heterocycles. The van der Waals surface area contributed by atoms with Crippen molar-refractivity contribution in [1.29, 1.82) is 0 Å². The Morgan fingerprint density at radius 3 is 2.62 bits per heavy atom. The number of piperidine rings is 1. The number of rotatable bonds is 4. The Labute approximate surface area is 166 Å². The van der Waals surface area contributed by atoms with Gasteiger partial charge in [-0.15, -0.1) is 14.8 Å². The Kier molecular flexibility index (Phi) is 4.83. The molecule has 150 valence electrons. The molecule has 0 spiro atoms. The third-order valence-corrected chi connectivity index (χ3v) is 5.30. The van der Waals surface area contributed by atoms with Gasteiger partial charge in [-0.1, -0.05) is 6.07 Å². The highest BCUT2D eigenvalue weighted by Gasteiger charge is 2.26. The second-order valence-corrected chi connectivity index (χ2v) is 7.26. The predicted octanol–water partition coefficient (Wildman–Crippen LogP) is 1.69. The van der Waals surface area contributed by atoms with Gasteiger partial charge in [0.2, 0.25) is 5.91 Å². The fourth-order valence-electron chi connectivity index (χ4n) is 3.63. The summed E-state index contributed by atoms with van der Waals surface area (Å²) in [6, 6.07) is 6.99. The van der Waals surface area contributed by atoms with Crippen LogP contribution in [0.1, 0.15) is 34.3 Å². The van der Waals surface area contributed by atoms with E-state index in [0.717, 1.165) is 11.4 Å². The Bertz CT molecular complexity index is 1090. The van der Waals surface area contributed by atoms with Crippen LogP contribution in [0.5, 0.6) is 0 Å². The van der Waals surface area contributed by atoms with Crippen molar-refractivity contribution in [3.05, 3.63) is 41.0 Å². The van der Waals surface area contributed by atoms with Gasteiger partial charge >= 0.3 is 5.97 Å². The Morgan fingerprint density at radius 2 is 1.90 bits per heavy atom. The number of carboxylic acid groups (broad SMARTS) is 1. The number of hydrogen-bond acceptors (Lipinski definition) is 7. The molecule has 0 unspecified atom stereocenters. The zero-order valence-corrected chi connectivity index (χ0v) is 16.2. The van der Waals surface area contributed by atoms with E-state index >= 15 is 0 Å². The molecular formula is C19H21N7O3. The summed E-state index contributed by atoms with van der Waals surface area (Å²) >= 11 is 0. The van der Waals surface area contributed by atoms with E-state index in [2.05, 4.69) is 30.8 Å². The van der Waals surface area contributed by atoms with E-state index in [0.29, 0.717) is 42.8 Å². The molecule has 1 aliphatic heterocycles. The van der Waals surface area contributed by atoms with Gasteiger partial charge in [0.25, 0.3) is 0 Å². The van der Waals surface area contributed by atoms with Gasteiger partial charge in [-0.25, -0.2) is 4.79 Å². The quantitative estimate of drug-likeness (QED) is 0.683. The number of hydrogen-bond donors (Lipinski definition) is 2. The summed E-state index contributed by atoms with van der Waals surface area (Å²) in [7, 11) is 0. The number of aromatic carboxylic acids is 1. The largest absolute Gasteiger partial charge is 0.478 e. The van der Waals surface area contributed by atoms with Crippen molar-refractivity contribution in [2.75, 3.05) is 23.3 Å². The van der Waals surface area contributed by atoms with Crippen LogP contribution in [0.3, 0.4) is 0 Å². The Hall–Kier alpha value is -3.56. The van der Waals surface area contributed by atoms with E-state index in [-0.39, 0.29) is 17.4 Å². The van der Waals surface area contributed by atoms with E-state index in [1.807, 2.05) is 13.0 Å². The number of benzene rings is 1. The number of nitrogens with zero attached hydrogens (tertiary/aromatic N) is 6. The third-order valence-electron chi connectivity index (χ3n) is 5.30. The molecule has 0 atom stereocenters. The summed E-state index contributed by atoms with van der Waals surface area (Å²) in [5.41, 5.74) is 2.85. The predicted molar refractivity (Wildman–Crippen MR) is 105 cm³/mol. The van der Waals surface area contributed by atoms with Crippen molar-refractivity contribution in [3.8, 4) is 0 Å². The minimum atomic E-state index is -1.00. The molecule has 0 aliphatic carbocycles. The number of tetrazole rings is 1. The molecular weight excluding hydrogens is 374 g/mol. The lowest BCUT2D eigenvalue weighted by Crippen LogP contribution is -2.38. The van der Waals surface area contributed by atoms with Crippen LogP contribution in [0, 0.1) is 19.8 Å². The highest BCUT2D eigenvalue weighted by molar-refractivity contribution is 5.96. The molecule has 1 saturated heterocycles. The topological polar surface area (TPSA) is 126 Å². The first-order chi connectivity index (χ1) is 13.9. The number of fused-ring (bicyclic) bond motifs is 1. The van der Waals surface area contributed by atoms with E-state index < -0.39 is 5.97 Å². The molecule has 1 aromatic carbocycles. The van der Waals surface area contributed by atoms with Crippen LogP contribution in [-0.4, -0.2) is 55.3 Å². The molecule has 10 heteroatoms. The SMILES string of the molecule is Cc1cc(C)c(C(=O)O)cc1NC(=O)C1CCN(c2ccc3nnnn3n2)CC1. The second-order valence-electron chi connectivity index (χ2n) is 7.26. The van der Waals surface area contributed by atoms with Crippen LogP contribution >= 0.6 is 0 Å². The average molecular weight is 395 g/mol. The maximum absolute atomic E-state index is 12.7. The number of aryl methyl sites for hydroxylation is 2. The van der Waals surface area contributed by atoms with Gasteiger partial charge < -0.3 is 15.3 Å². The molecule has 10 nitrogen and oxygen atoms in total. The lowest BCUT2D eigenvalue weighted by molar-refractivity contribution is -0.120. The zero-order valence-electron chi connectivity index (χ0n) is 16.2. The number of carbonyl (C=O) groups excluding carboxylic acids is 1. The average Bonchev–Trinajstić information content (AvgIpc) is 3.17. The molecule has 1 amide bonds. The molecule has 0 bridgehead atoms. The summed E-state index contributed by atoms with van der Waals surface area (Å²) in [6.07, 6.45) is 1.36. The summed E-state index contributed by atoms with van der Waals surface area (Å²) in [5, 5.41) is 27.9. The van der Waals surface area contributed by atoms with E-state index in [1.54, 1.807) is 19.1 Å². The van der Waals surface area contributed by atoms with Gasteiger partial charge in [-0.2, -0.15) is 0 Å². The molecule has 29 heavy (non-hydrogen) atoms. The summed E-state index contributed by atoms with van der Waals surface area (Å²) in [4.78, 5) is 26.2. The van der Waals surface area contributed by atoms with Gasteiger partial charge in [0.05, 0.1) is 5.56 Å². The van der Waals surface area contributed by atoms with Crippen molar-refractivity contribution in [2.45, 2.75) is 26.7 Å². The first-order valence-electron chi connectivity index (χ1n) is 9.38. The van der Waals surface area contributed by atoms with Crippen molar-refractivity contribution in [1.82, 2.24) is 25.3 Å². The lowest BCUT2D eigenvalue weighted by Gasteiger charge is -2.32. The van der Waals surface area contributed by atoms with Crippen LogP contribution in [0.15, 0.2) is 24.3 Å². The first kappa shape index (κ1) is 18.8. The maximum Gasteiger partial charge on any atom is 0.336 e. The highest BCUT2D eigenvalue weighted by atomic mass is 16.4. The number of carboxylic acids is 1. The molecule has 0 saturated carbocycles. The number of aromatic nitrogens is 5. The monoisotopic (exact) mass is 395 g/mol. The van der Waals surface area contributed by atoms with Crippen molar-refractivity contribution >= 4 is 29.0 Å². The van der Waals surface area contributed by atoms with Crippen molar-refractivity contribution in [3.63, 3.8) is 0 Å². The Balaban J connectivity index is 1.41. The number of carbonyl (C=O) groups is 2. The molecule has 3 aromatic rings. The van der Waals surface area contributed by atoms with E-state index in [1.165, 1.54) is 10.7 Å². The molecule has 1 fully saturated rings. The minimum absolute atomic E-state index is 0.0863. The van der Waals surface area contributed by atoms with Crippen LogP contribution < -0.4 is 10.2 Å². The summed E-state index contributed by atoms with van der Waals surface area (Å²) < 4.78 is 1.38. The minimum Gasteiger partial charge on any atom is -0.478 e. The normalized spacial score (nSPS) is 14.9. The fourth-order valence-corrected chi connectivity index (χ4v) is 3.63. The highest BCUT2D eigenvalue weighted by Crippen LogP contribution is 2.25. The van der Waals surface area contributed by atoms with Gasteiger partial charge in [-0.05, 0) is 66.4 Å². The van der Waals surface area contributed by atoms with Gasteiger partial charge in [0.1, 0.15) is 0 Å². The smallest absolute Gasteiger partial charge is 0.336 e. The fraction of sp³-hybridized carbons (Fsp3) is 0.368. The van der Waals surface area contributed by atoms with Crippen LogP contribution in [-0.2, 0) is 4.79 Å². The van der Waals surface area contributed by atoms with Crippen molar-refractivity contribution < 1.29 is 14.7 Å². The number of amides is 1. The Morgan fingerprint density at radius 1 is 1.14 bits per heavy atom. The maximum atomic E-state index is 12.7. The molecule has 4 rings (SSSR count). The van der Waals surface area contributed by atoms with Crippen LogP contribution in [0.25, 0.3) is 5.65 Å². The second kappa shape index (κ2) is 7.46. The standard InChI is InChI=1S/C19H21N7O3/c1-11-9-12(2)15(10-14(11)19(28)29)20-18(27)13-5-7-25(8-6-13)17-4-3-16-21-23-24-26(16)22-17/h3-4,9-10,13H,5-8H2,1-2H3,(H,20,27)(H,28,29). The number of nitrogens with one attached hydrogen (secondary N) is 1. The molecule has 0 radical (unpaired) electrons. The van der Waals surface area contributed by atoms with Gasteiger partial charge in [-0.3, -0.25) is 4.79 Å². The number of anilines is 2. The van der Waals surface area contributed by atoms with E-state index in [9.17, 15) is 14.7 Å². The van der Waals surface area contributed by atoms with E-state index in [4.69, 9.17) is 0 Å².